The number of rotatable bonds is 6. The summed E-state index contributed by atoms with van der Waals surface area (Å²) in [4.78, 5) is 41.6. The van der Waals surface area contributed by atoms with Crippen LogP contribution < -0.4 is 15.0 Å². The largest absolute Gasteiger partial charge is 0.495 e. The van der Waals surface area contributed by atoms with Gasteiger partial charge in [0.15, 0.2) is 0 Å². The van der Waals surface area contributed by atoms with Crippen LogP contribution in [0.5, 0.6) is 5.75 Å². The van der Waals surface area contributed by atoms with Gasteiger partial charge in [-0.1, -0.05) is 54.6 Å². The number of amides is 2. The number of para-hydroxylation sites is 2. The molecule has 7 nitrogen and oxygen atoms in total. The lowest BCUT2D eigenvalue weighted by Crippen LogP contribution is -2.57. The van der Waals surface area contributed by atoms with E-state index in [-0.39, 0.29) is 12.1 Å². The number of halogens is 1. The molecule has 2 amide bonds. The Hall–Kier alpha value is -4.04. The van der Waals surface area contributed by atoms with Crippen LogP contribution in [0.25, 0.3) is 0 Å². The zero-order chi connectivity index (χ0) is 24.7. The monoisotopic (exact) mass is 474 g/mol. The van der Waals surface area contributed by atoms with Crippen LogP contribution in [0.15, 0.2) is 78.9 Å². The Bertz CT molecular complexity index is 1300. The molecule has 2 heterocycles. The Kier molecular flexibility index (Phi) is 5.61. The van der Waals surface area contributed by atoms with Crippen LogP contribution in [0, 0.1) is 17.7 Å². The predicted molar refractivity (Wildman–Crippen MR) is 125 cm³/mol. The second kappa shape index (κ2) is 8.63. The van der Waals surface area contributed by atoms with E-state index in [4.69, 9.17) is 4.74 Å². The lowest BCUT2D eigenvalue weighted by molar-refractivity contribution is -0.148. The van der Waals surface area contributed by atoms with Crippen molar-refractivity contribution in [2.45, 2.75) is 18.0 Å². The number of aliphatic carboxylic acids is 1. The van der Waals surface area contributed by atoms with E-state index in [1.807, 2.05) is 6.07 Å². The van der Waals surface area contributed by atoms with E-state index >= 15 is 0 Å². The van der Waals surface area contributed by atoms with Crippen LogP contribution in [-0.2, 0) is 20.8 Å². The number of benzene rings is 3. The normalized spacial score (nSPS) is 25.5. The first-order valence-electron chi connectivity index (χ1n) is 11.2. The summed E-state index contributed by atoms with van der Waals surface area (Å²) in [6, 6.07) is 20.3. The molecular weight excluding hydrogens is 451 g/mol. The van der Waals surface area contributed by atoms with E-state index in [1.165, 1.54) is 31.4 Å². The lowest BCUT2D eigenvalue weighted by Gasteiger charge is -2.31. The maximum absolute atomic E-state index is 13.9. The number of fused-ring (bicyclic) bond motifs is 1. The Morgan fingerprint density at radius 1 is 1.00 bits per heavy atom. The maximum atomic E-state index is 13.9. The van der Waals surface area contributed by atoms with Crippen molar-refractivity contribution in [3.05, 3.63) is 95.8 Å². The van der Waals surface area contributed by atoms with Crippen molar-refractivity contribution >= 4 is 23.5 Å². The zero-order valence-electron chi connectivity index (χ0n) is 18.9. The molecule has 178 valence electrons. The molecule has 0 bridgehead atoms. The number of carbonyl (C=O) groups excluding carboxylic acids is 2. The summed E-state index contributed by atoms with van der Waals surface area (Å²) in [6.45, 7) is 0. The van der Waals surface area contributed by atoms with Gasteiger partial charge in [0, 0.05) is 12.5 Å². The first kappa shape index (κ1) is 22.7. The molecule has 5 rings (SSSR count). The molecule has 0 radical (unpaired) electrons. The third-order valence-electron chi connectivity index (χ3n) is 6.92. The highest BCUT2D eigenvalue weighted by molar-refractivity contribution is 6.24. The SMILES string of the molecule is COc1ccccc1N1C(=O)[C@H]2[C@@H](C1=O)[C@@](Cc1ccccc1)(C(=O)O)N[C@H]2c1ccc(F)cc1. The molecule has 0 aromatic heterocycles. The third-order valence-corrected chi connectivity index (χ3v) is 6.92. The number of carboxylic acid groups (broad SMARTS) is 1. The Morgan fingerprint density at radius 3 is 2.31 bits per heavy atom. The highest BCUT2D eigenvalue weighted by Crippen LogP contribution is 2.51. The summed E-state index contributed by atoms with van der Waals surface area (Å²) in [7, 11) is 1.44. The molecule has 2 fully saturated rings. The number of methoxy groups -OCH3 is 1. The van der Waals surface area contributed by atoms with Crippen molar-refractivity contribution in [1.29, 1.82) is 0 Å². The fraction of sp³-hybridized carbons (Fsp3) is 0.222. The molecule has 0 unspecified atom stereocenters. The fourth-order valence-corrected chi connectivity index (χ4v) is 5.36. The van der Waals surface area contributed by atoms with E-state index in [9.17, 15) is 23.9 Å². The van der Waals surface area contributed by atoms with E-state index in [0.29, 0.717) is 16.9 Å². The number of ether oxygens (including phenoxy) is 1. The van der Waals surface area contributed by atoms with Crippen LogP contribution in [0.1, 0.15) is 17.2 Å². The summed E-state index contributed by atoms with van der Waals surface area (Å²) in [5, 5.41) is 13.6. The minimum atomic E-state index is -1.76. The van der Waals surface area contributed by atoms with Crippen LogP contribution in [0.2, 0.25) is 0 Å². The van der Waals surface area contributed by atoms with Gasteiger partial charge >= 0.3 is 5.97 Å². The molecule has 2 aliphatic heterocycles. The van der Waals surface area contributed by atoms with Gasteiger partial charge in [-0.3, -0.25) is 19.7 Å². The minimum absolute atomic E-state index is 0.0131. The van der Waals surface area contributed by atoms with E-state index in [2.05, 4.69) is 5.32 Å². The van der Waals surface area contributed by atoms with Crippen LogP contribution in [0.4, 0.5) is 10.1 Å². The summed E-state index contributed by atoms with van der Waals surface area (Å²) in [5.74, 6) is -4.69. The molecule has 0 aliphatic carbocycles. The molecule has 3 aromatic rings. The van der Waals surface area contributed by atoms with Crippen molar-refractivity contribution in [3.63, 3.8) is 0 Å². The van der Waals surface area contributed by atoms with Crippen molar-refractivity contribution in [2.24, 2.45) is 11.8 Å². The van der Waals surface area contributed by atoms with E-state index < -0.39 is 47.0 Å². The Labute approximate surface area is 201 Å². The third kappa shape index (κ3) is 3.57. The van der Waals surface area contributed by atoms with Crippen molar-refractivity contribution in [2.75, 3.05) is 12.0 Å². The summed E-state index contributed by atoms with van der Waals surface area (Å²) < 4.78 is 19.0. The van der Waals surface area contributed by atoms with Gasteiger partial charge in [0.25, 0.3) is 0 Å². The summed E-state index contributed by atoms with van der Waals surface area (Å²) >= 11 is 0. The highest BCUT2D eigenvalue weighted by atomic mass is 19.1. The topological polar surface area (TPSA) is 95.9 Å². The molecule has 35 heavy (non-hydrogen) atoms. The Balaban J connectivity index is 1.67. The van der Waals surface area contributed by atoms with Gasteiger partial charge in [-0.25, -0.2) is 9.29 Å². The molecular formula is C27H23FN2O5. The van der Waals surface area contributed by atoms with Gasteiger partial charge < -0.3 is 9.84 Å². The maximum Gasteiger partial charge on any atom is 0.325 e. The lowest BCUT2D eigenvalue weighted by atomic mass is 9.76. The molecule has 4 atom stereocenters. The second-order valence-electron chi connectivity index (χ2n) is 8.80. The minimum Gasteiger partial charge on any atom is -0.495 e. The van der Waals surface area contributed by atoms with Gasteiger partial charge in [0.2, 0.25) is 11.8 Å². The molecule has 8 heteroatoms. The average Bonchev–Trinajstić information content (AvgIpc) is 3.34. The van der Waals surface area contributed by atoms with Gasteiger partial charge in [0.05, 0.1) is 24.6 Å². The number of nitrogens with zero attached hydrogens (tertiary/aromatic N) is 1. The molecule has 0 spiro atoms. The summed E-state index contributed by atoms with van der Waals surface area (Å²) in [6.07, 6.45) is -0.0131. The first-order chi connectivity index (χ1) is 16.9. The number of carboxylic acids is 1. The van der Waals surface area contributed by atoms with Crippen molar-refractivity contribution in [1.82, 2.24) is 5.32 Å². The number of hydrogen-bond donors (Lipinski definition) is 2. The average molecular weight is 474 g/mol. The number of imide groups is 1. The molecule has 3 aromatic carbocycles. The van der Waals surface area contributed by atoms with Crippen LogP contribution in [0.3, 0.4) is 0 Å². The van der Waals surface area contributed by atoms with Gasteiger partial charge in [-0.15, -0.1) is 0 Å². The predicted octanol–water partition coefficient (Wildman–Crippen LogP) is 3.35. The molecule has 0 saturated carbocycles. The van der Waals surface area contributed by atoms with E-state index in [0.717, 1.165) is 4.90 Å². The first-order valence-corrected chi connectivity index (χ1v) is 11.2. The van der Waals surface area contributed by atoms with Crippen LogP contribution in [-0.4, -0.2) is 35.5 Å². The van der Waals surface area contributed by atoms with E-state index in [1.54, 1.807) is 48.5 Å². The number of carbonyl (C=O) groups is 3. The van der Waals surface area contributed by atoms with Gasteiger partial charge in [-0.2, -0.15) is 0 Å². The fourth-order valence-electron chi connectivity index (χ4n) is 5.36. The van der Waals surface area contributed by atoms with Gasteiger partial charge in [0.1, 0.15) is 17.1 Å². The number of anilines is 1. The number of hydrogen-bond acceptors (Lipinski definition) is 5. The summed E-state index contributed by atoms with van der Waals surface area (Å²) in [5.41, 5.74) is -0.261. The molecule has 2 aliphatic rings. The Morgan fingerprint density at radius 2 is 1.66 bits per heavy atom. The van der Waals surface area contributed by atoms with Crippen LogP contribution >= 0.6 is 0 Å². The quantitative estimate of drug-likeness (QED) is 0.532. The number of nitrogens with one attached hydrogen (secondary N) is 1. The smallest absolute Gasteiger partial charge is 0.325 e. The zero-order valence-corrected chi connectivity index (χ0v) is 18.9. The van der Waals surface area contributed by atoms with Gasteiger partial charge in [-0.05, 0) is 35.4 Å². The second-order valence-corrected chi connectivity index (χ2v) is 8.80. The highest BCUT2D eigenvalue weighted by Gasteiger charge is 2.68. The molecule has 2 N–H and O–H groups in total. The standard InChI is InChI=1S/C27H23FN2O5/c1-35-20-10-6-5-9-19(20)30-24(31)21-22(25(30)32)27(26(33)34,15-16-7-3-2-4-8-16)29-23(21)17-11-13-18(28)14-12-17/h2-14,21-23,29H,15H2,1H3,(H,33,34)/t21-,22-,23-,27-/m0/s1. The van der Waals surface area contributed by atoms with Crippen molar-refractivity contribution in [3.8, 4) is 5.75 Å². The molecule has 2 saturated heterocycles. The van der Waals surface area contributed by atoms with Crippen molar-refractivity contribution < 1.29 is 28.6 Å².